The standard InChI is InChI=1S/C12H26N2/c1-11(2)9-12(10-13)5-8-14-6-3-4-7-14/h11-12H,3-10,13H2,1-2H3. The predicted octanol–water partition coefficient (Wildman–Crippen LogP) is 2.09. The Morgan fingerprint density at radius 2 is 1.86 bits per heavy atom. The molecular weight excluding hydrogens is 172 g/mol. The Labute approximate surface area is 88.8 Å². The lowest BCUT2D eigenvalue weighted by Gasteiger charge is -2.21. The molecule has 0 saturated carbocycles. The van der Waals surface area contributed by atoms with Crippen LogP contribution in [0.1, 0.15) is 39.5 Å². The van der Waals surface area contributed by atoms with Crippen LogP contribution in [0, 0.1) is 11.8 Å². The van der Waals surface area contributed by atoms with Gasteiger partial charge in [0.25, 0.3) is 0 Å². The maximum Gasteiger partial charge on any atom is -0.00156 e. The summed E-state index contributed by atoms with van der Waals surface area (Å²) in [6, 6.07) is 0. The third kappa shape index (κ3) is 4.43. The molecule has 2 heteroatoms. The van der Waals surface area contributed by atoms with Gasteiger partial charge in [0.1, 0.15) is 0 Å². The van der Waals surface area contributed by atoms with Gasteiger partial charge in [-0.25, -0.2) is 0 Å². The van der Waals surface area contributed by atoms with E-state index in [0.29, 0.717) is 0 Å². The minimum atomic E-state index is 0.746. The molecule has 1 fully saturated rings. The van der Waals surface area contributed by atoms with Gasteiger partial charge in [-0.1, -0.05) is 13.8 Å². The van der Waals surface area contributed by atoms with Crippen molar-refractivity contribution in [2.45, 2.75) is 39.5 Å². The first-order chi connectivity index (χ1) is 6.72. The quantitative estimate of drug-likeness (QED) is 0.708. The number of hydrogen-bond donors (Lipinski definition) is 1. The van der Waals surface area contributed by atoms with Crippen molar-refractivity contribution in [2.24, 2.45) is 17.6 Å². The van der Waals surface area contributed by atoms with Crippen LogP contribution in [-0.2, 0) is 0 Å². The first kappa shape index (κ1) is 12.0. The van der Waals surface area contributed by atoms with Gasteiger partial charge in [0.2, 0.25) is 0 Å². The van der Waals surface area contributed by atoms with Crippen LogP contribution in [0.2, 0.25) is 0 Å². The number of hydrogen-bond acceptors (Lipinski definition) is 2. The Morgan fingerprint density at radius 3 is 2.36 bits per heavy atom. The number of nitrogens with zero attached hydrogens (tertiary/aromatic N) is 1. The fraction of sp³-hybridized carbons (Fsp3) is 1.00. The van der Waals surface area contributed by atoms with Crippen LogP contribution in [0.4, 0.5) is 0 Å². The zero-order valence-corrected chi connectivity index (χ0v) is 9.84. The van der Waals surface area contributed by atoms with Gasteiger partial charge in [0, 0.05) is 0 Å². The van der Waals surface area contributed by atoms with Crippen LogP contribution in [-0.4, -0.2) is 31.1 Å². The van der Waals surface area contributed by atoms with Gasteiger partial charge in [-0.3, -0.25) is 0 Å². The van der Waals surface area contributed by atoms with E-state index >= 15 is 0 Å². The fourth-order valence-electron chi connectivity index (χ4n) is 2.37. The molecule has 0 aromatic heterocycles. The molecule has 0 spiro atoms. The van der Waals surface area contributed by atoms with E-state index in [0.717, 1.165) is 18.4 Å². The van der Waals surface area contributed by atoms with Crippen LogP contribution in [0.25, 0.3) is 0 Å². The van der Waals surface area contributed by atoms with E-state index in [1.807, 2.05) is 0 Å². The molecule has 1 aliphatic rings. The van der Waals surface area contributed by atoms with Crippen molar-refractivity contribution in [3.63, 3.8) is 0 Å². The van der Waals surface area contributed by atoms with E-state index in [2.05, 4.69) is 18.7 Å². The van der Waals surface area contributed by atoms with Crippen LogP contribution in [0.15, 0.2) is 0 Å². The zero-order valence-electron chi connectivity index (χ0n) is 9.84. The second-order valence-electron chi connectivity index (χ2n) is 5.07. The molecule has 1 unspecified atom stereocenters. The Morgan fingerprint density at radius 1 is 1.21 bits per heavy atom. The second kappa shape index (κ2) is 6.41. The first-order valence-electron chi connectivity index (χ1n) is 6.14. The third-order valence-electron chi connectivity index (χ3n) is 3.19. The summed E-state index contributed by atoms with van der Waals surface area (Å²) in [5, 5.41) is 0. The summed E-state index contributed by atoms with van der Waals surface area (Å²) in [7, 11) is 0. The second-order valence-corrected chi connectivity index (χ2v) is 5.07. The van der Waals surface area contributed by atoms with Crippen LogP contribution >= 0.6 is 0 Å². The summed E-state index contributed by atoms with van der Waals surface area (Å²) in [4.78, 5) is 2.59. The summed E-state index contributed by atoms with van der Waals surface area (Å²) in [6.07, 6.45) is 5.40. The van der Waals surface area contributed by atoms with Gasteiger partial charge in [0.15, 0.2) is 0 Å². The summed E-state index contributed by atoms with van der Waals surface area (Å²) in [6.45, 7) is 9.36. The molecule has 14 heavy (non-hydrogen) atoms. The van der Waals surface area contributed by atoms with Crippen LogP contribution < -0.4 is 5.73 Å². The summed E-state index contributed by atoms with van der Waals surface area (Å²) < 4.78 is 0. The molecule has 0 radical (unpaired) electrons. The molecule has 1 rings (SSSR count). The normalized spacial score (nSPS) is 20.6. The van der Waals surface area contributed by atoms with E-state index in [1.165, 1.54) is 45.3 Å². The minimum absolute atomic E-state index is 0.746. The fourth-order valence-corrected chi connectivity index (χ4v) is 2.37. The molecular formula is C12H26N2. The van der Waals surface area contributed by atoms with Crippen molar-refractivity contribution in [2.75, 3.05) is 26.2 Å². The third-order valence-corrected chi connectivity index (χ3v) is 3.19. The minimum Gasteiger partial charge on any atom is -0.330 e. The maximum absolute atomic E-state index is 5.79. The van der Waals surface area contributed by atoms with Gasteiger partial charge >= 0.3 is 0 Å². The SMILES string of the molecule is CC(C)CC(CN)CCN1CCCC1. The Hall–Kier alpha value is -0.0800. The largest absolute Gasteiger partial charge is 0.330 e. The summed E-state index contributed by atoms with van der Waals surface area (Å²) in [5.74, 6) is 1.54. The molecule has 1 heterocycles. The Balaban J connectivity index is 2.12. The zero-order chi connectivity index (χ0) is 10.4. The Kier molecular flexibility index (Phi) is 5.49. The maximum atomic E-state index is 5.79. The number of rotatable bonds is 6. The molecule has 0 aliphatic carbocycles. The highest BCUT2D eigenvalue weighted by atomic mass is 15.1. The van der Waals surface area contributed by atoms with Gasteiger partial charge in [-0.05, 0) is 63.7 Å². The van der Waals surface area contributed by atoms with Crippen molar-refractivity contribution in [1.29, 1.82) is 0 Å². The van der Waals surface area contributed by atoms with Crippen molar-refractivity contribution in [3.05, 3.63) is 0 Å². The highest BCUT2D eigenvalue weighted by molar-refractivity contribution is 4.69. The van der Waals surface area contributed by atoms with Gasteiger partial charge in [0.05, 0.1) is 0 Å². The lowest BCUT2D eigenvalue weighted by atomic mass is 9.94. The topological polar surface area (TPSA) is 29.3 Å². The first-order valence-corrected chi connectivity index (χ1v) is 6.14. The van der Waals surface area contributed by atoms with Gasteiger partial charge in [-0.2, -0.15) is 0 Å². The molecule has 1 saturated heterocycles. The molecule has 0 bridgehead atoms. The molecule has 84 valence electrons. The summed E-state index contributed by atoms with van der Waals surface area (Å²) >= 11 is 0. The Bertz CT molecular complexity index is 139. The number of nitrogens with two attached hydrogens (primary N) is 1. The average Bonchev–Trinajstić information content (AvgIpc) is 2.64. The van der Waals surface area contributed by atoms with Crippen LogP contribution in [0.5, 0.6) is 0 Å². The molecule has 0 amide bonds. The van der Waals surface area contributed by atoms with Crippen LogP contribution in [0.3, 0.4) is 0 Å². The monoisotopic (exact) mass is 198 g/mol. The highest BCUT2D eigenvalue weighted by Gasteiger charge is 2.14. The van der Waals surface area contributed by atoms with E-state index in [1.54, 1.807) is 0 Å². The molecule has 1 aliphatic heterocycles. The molecule has 1 atom stereocenters. The lowest BCUT2D eigenvalue weighted by molar-refractivity contribution is 0.286. The van der Waals surface area contributed by atoms with E-state index < -0.39 is 0 Å². The van der Waals surface area contributed by atoms with Gasteiger partial charge < -0.3 is 10.6 Å². The smallest absolute Gasteiger partial charge is 0.00156 e. The molecule has 0 aromatic rings. The highest BCUT2D eigenvalue weighted by Crippen LogP contribution is 2.16. The van der Waals surface area contributed by atoms with E-state index in [9.17, 15) is 0 Å². The molecule has 2 N–H and O–H groups in total. The predicted molar refractivity (Wildman–Crippen MR) is 62.3 cm³/mol. The lowest BCUT2D eigenvalue weighted by Crippen LogP contribution is -2.26. The van der Waals surface area contributed by atoms with E-state index in [4.69, 9.17) is 5.73 Å². The van der Waals surface area contributed by atoms with Gasteiger partial charge in [-0.15, -0.1) is 0 Å². The van der Waals surface area contributed by atoms with Crippen molar-refractivity contribution >= 4 is 0 Å². The average molecular weight is 198 g/mol. The van der Waals surface area contributed by atoms with Crippen molar-refractivity contribution in [1.82, 2.24) is 4.90 Å². The van der Waals surface area contributed by atoms with Crippen molar-refractivity contribution in [3.8, 4) is 0 Å². The van der Waals surface area contributed by atoms with E-state index in [-0.39, 0.29) is 0 Å². The molecule has 0 aromatic carbocycles. The summed E-state index contributed by atoms with van der Waals surface area (Å²) in [5.41, 5.74) is 5.79. The van der Waals surface area contributed by atoms with Crippen molar-refractivity contribution < 1.29 is 0 Å². The number of likely N-dealkylation sites (tertiary alicyclic amines) is 1. The molecule has 2 nitrogen and oxygen atoms in total.